The van der Waals surface area contributed by atoms with Crippen LogP contribution < -0.4 is 5.32 Å². The maximum Gasteiger partial charge on any atom is 0.339 e. The zero-order valence-corrected chi connectivity index (χ0v) is 11.2. The van der Waals surface area contributed by atoms with Gasteiger partial charge < -0.3 is 4.90 Å². The number of nitrogens with zero attached hydrogens (tertiary/aromatic N) is 2. The van der Waals surface area contributed by atoms with Crippen molar-refractivity contribution in [2.45, 2.75) is 6.04 Å². The van der Waals surface area contributed by atoms with Crippen LogP contribution in [0.5, 0.6) is 0 Å². The molecule has 2 rings (SSSR count). The van der Waals surface area contributed by atoms with Crippen LogP contribution in [-0.2, 0) is 0 Å². The van der Waals surface area contributed by atoms with Gasteiger partial charge in [-0.25, -0.2) is 10.1 Å². The Morgan fingerprint density at radius 1 is 0.947 bits per heavy atom. The lowest BCUT2D eigenvalue weighted by Gasteiger charge is -2.28. The summed E-state index contributed by atoms with van der Waals surface area (Å²) in [5.41, 5.74) is 2.15. The van der Waals surface area contributed by atoms with Crippen LogP contribution in [0.2, 0.25) is 0 Å². The lowest BCUT2D eigenvalue weighted by molar-refractivity contribution is 0.200. The molecule has 0 unspecified atom stereocenters. The molecule has 0 heterocycles. The highest BCUT2D eigenvalue weighted by Crippen LogP contribution is 2.27. The molecule has 0 bridgehead atoms. The van der Waals surface area contributed by atoms with Gasteiger partial charge >= 0.3 is 6.03 Å². The van der Waals surface area contributed by atoms with Gasteiger partial charge in [0.25, 0.3) is 0 Å². The van der Waals surface area contributed by atoms with E-state index in [1.54, 1.807) is 11.9 Å². The Balaban J connectivity index is 2.43. The van der Waals surface area contributed by atoms with E-state index in [1.807, 2.05) is 60.7 Å². The Labute approximate surface area is 113 Å². The highest BCUT2D eigenvalue weighted by Gasteiger charge is 2.22. The van der Waals surface area contributed by atoms with Crippen molar-refractivity contribution in [1.82, 2.24) is 10.2 Å². The number of urea groups is 1. The van der Waals surface area contributed by atoms with Crippen molar-refractivity contribution in [3.8, 4) is 0 Å². The average Bonchev–Trinajstić information content (AvgIpc) is 2.49. The third-order valence-electron chi connectivity index (χ3n) is 3.11. The first-order valence-corrected chi connectivity index (χ1v) is 6.20. The van der Waals surface area contributed by atoms with Crippen LogP contribution in [0, 0.1) is 0 Å². The highest BCUT2D eigenvalue weighted by atomic mass is 16.2. The molecule has 3 nitrogen and oxygen atoms in total. The van der Waals surface area contributed by atoms with E-state index in [0.29, 0.717) is 0 Å². The van der Waals surface area contributed by atoms with Crippen LogP contribution in [0.15, 0.2) is 60.7 Å². The maximum absolute atomic E-state index is 11.9. The van der Waals surface area contributed by atoms with Gasteiger partial charge in [-0.2, -0.15) is 0 Å². The molecule has 2 aromatic rings. The Morgan fingerprint density at radius 2 is 1.37 bits per heavy atom. The minimum Gasteiger partial charge on any atom is -0.315 e. The quantitative estimate of drug-likeness (QED) is 0.827. The summed E-state index contributed by atoms with van der Waals surface area (Å²) in [6.07, 6.45) is 0. The summed E-state index contributed by atoms with van der Waals surface area (Å²) in [6, 6.07) is 19.6. The van der Waals surface area contributed by atoms with E-state index >= 15 is 0 Å². The maximum atomic E-state index is 11.9. The second-order valence-electron chi connectivity index (χ2n) is 4.34. The minimum absolute atomic E-state index is 0.112. The predicted octanol–water partition coefficient (Wildman–Crippen LogP) is 3.06. The van der Waals surface area contributed by atoms with Gasteiger partial charge in [-0.05, 0) is 11.1 Å². The van der Waals surface area contributed by atoms with E-state index in [-0.39, 0.29) is 12.1 Å². The third-order valence-corrected chi connectivity index (χ3v) is 3.11. The average molecular weight is 253 g/mol. The van der Waals surface area contributed by atoms with Crippen LogP contribution in [0.4, 0.5) is 4.79 Å². The van der Waals surface area contributed by atoms with Crippen molar-refractivity contribution in [2.75, 3.05) is 14.1 Å². The van der Waals surface area contributed by atoms with E-state index in [4.69, 9.17) is 0 Å². The van der Waals surface area contributed by atoms with Gasteiger partial charge in [0.1, 0.15) is 0 Å². The van der Waals surface area contributed by atoms with Crippen molar-refractivity contribution in [3.63, 3.8) is 0 Å². The fourth-order valence-corrected chi connectivity index (χ4v) is 2.18. The van der Waals surface area contributed by atoms with Crippen molar-refractivity contribution >= 4 is 6.03 Å². The molecule has 2 amide bonds. The predicted molar refractivity (Wildman–Crippen MR) is 75.9 cm³/mol. The van der Waals surface area contributed by atoms with Gasteiger partial charge in [0, 0.05) is 14.1 Å². The molecule has 0 N–H and O–H groups in total. The van der Waals surface area contributed by atoms with Crippen molar-refractivity contribution < 1.29 is 4.79 Å². The second-order valence-corrected chi connectivity index (χ2v) is 4.34. The van der Waals surface area contributed by atoms with Gasteiger partial charge in [-0.15, -0.1) is 0 Å². The van der Waals surface area contributed by atoms with Gasteiger partial charge in [-0.1, -0.05) is 60.7 Å². The van der Waals surface area contributed by atoms with Crippen molar-refractivity contribution in [2.24, 2.45) is 0 Å². The topological polar surface area (TPSA) is 34.4 Å². The number of carbonyl (C=O) groups is 1. The number of benzene rings is 2. The Morgan fingerprint density at radius 3 is 1.74 bits per heavy atom. The Bertz CT molecular complexity index is 485. The lowest BCUT2D eigenvalue weighted by atomic mass is 9.98. The summed E-state index contributed by atoms with van der Waals surface area (Å²) in [5.74, 6) is 0. The van der Waals surface area contributed by atoms with Gasteiger partial charge in [0.15, 0.2) is 0 Å². The molecule has 0 aliphatic rings. The first kappa shape index (κ1) is 13.1. The van der Waals surface area contributed by atoms with Crippen LogP contribution in [0.1, 0.15) is 17.2 Å². The van der Waals surface area contributed by atoms with Crippen LogP contribution in [0.3, 0.4) is 0 Å². The van der Waals surface area contributed by atoms with E-state index < -0.39 is 0 Å². The number of hydrogen-bond acceptors (Lipinski definition) is 1. The molecule has 1 radical (unpaired) electrons. The van der Waals surface area contributed by atoms with Crippen LogP contribution in [0.25, 0.3) is 0 Å². The Kier molecular flexibility index (Phi) is 4.18. The summed E-state index contributed by atoms with van der Waals surface area (Å²) in [5, 5.41) is 3.75. The zero-order chi connectivity index (χ0) is 13.7. The van der Waals surface area contributed by atoms with Gasteiger partial charge in [-0.3, -0.25) is 0 Å². The zero-order valence-electron chi connectivity index (χ0n) is 11.2. The van der Waals surface area contributed by atoms with E-state index in [2.05, 4.69) is 5.32 Å². The molecule has 97 valence electrons. The summed E-state index contributed by atoms with van der Waals surface area (Å²) in [6.45, 7) is 0. The SMILES string of the molecule is C[N]C(=O)N(C)C(c1ccccc1)c1ccccc1. The number of hydrogen-bond donors (Lipinski definition) is 0. The number of rotatable bonds is 3. The first-order valence-electron chi connectivity index (χ1n) is 6.20. The molecular weight excluding hydrogens is 236 g/mol. The standard InChI is InChI=1S/C16H17N2O/c1-17-16(19)18(2)15(13-9-5-3-6-10-13)14-11-7-4-8-12-14/h3-12,15H,1-2H3. The molecule has 3 heteroatoms. The summed E-state index contributed by atoms with van der Waals surface area (Å²) in [4.78, 5) is 13.5. The molecule has 2 aromatic carbocycles. The van der Waals surface area contributed by atoms with Gasteiger partial charge in [0.2, 0.25) is 0 Å². The molecule has 0 fully saturated rings. The fourth-order valence-electron chi connectivity index (χ4n) is 2.18. The monoisotopic (exact) mass is 253 g/mol. The first-order chi connectivity index (χ1) is 9.24. The Hall–Kier alpha value is -2.29. The second kappa shape index (κ2) is 6.05. The largest absolute Gasteiger partial charge is 0.339 e. The summed E-state index contributed by atoms with van der Waals surface area (Å²) in [7, 11) is 3.30. The molecular formula is C16H17N2O. The van der Waals surface area contributed by atoms with E-state index in [9.17, 15) is 4.79 Å². The molecule has 0 atom stereocenters. The van der Waals surface area contributed by atoms with Crippen LogP contribution in [-0.4, -0.2) is 25.0 Å². The minimum atomic E-state index is -0.224. The number of amides is 2. The molecule has 0 spiro atoms. The lowest BCUT2D eigenvalue weighted by Crippen LogP contribution is -2.35. The molecule has 0 aromatic heterocycles. The molecule has 19 heavy (non-hydrogen) atoms. The normalized spacial score (nSPS) is 10.3. The molecule has 0 aliphatic carbocycles. The van der Waals surface area contributed by atoms with Crippen LogP contribution >= 0.6 is 0 Å². The summed E-state index contributed by atoms with van der Waals surface area (Å²) < 4.78 is 0. The summed E-state index contributed by atoms with van der Waals surface area (Å²) >= 11 is 0. The van der Waals surface area contributed by atoms with Crippen molar-refractivity contribution in [3.05, 3.63) is 71.8 Å². The number of carbonyl (C=O) groups excluding carboxylic acids is 1. The fraction of sp³-hybridized carbons (Fsp3) is 0.188. The van der Waals surface area contributed by atoms with E-state index in [0.717, 1.165) is 11.1 Å². The highest BCUT2D eigenvalue weighted by molar-refractivity contribution is 5.74. The molecule has 0 saturated heterocycles. The molecule has 0 aliphatic heterocycles. The third kappa shape index (κ3) is 2.94. The molecule has 0 saturated carbocycles. The van der Waals surface area contributed by atoms with E-state index in [1.165, 1.54) is 7.05 Å². The van der Waals surface area contributed by atoms with Crippen molar-refractivity contribution in [1.29, 1.82) is 0 Å². The van der Waals surface area contributed by atoms with Gasteiger partial charge in [0.05, 0.1) is 6.04 Å². The smallest absolute Gasteiger partial charge is 0.315 e.